The first-order valence-corrected chi connectivity index (χ1v) is 4.28. The molecule has 0 radical (unpaired) electrons. The van der Waals surface area contributed by atoms with Gasteiger partial charge >= 0.3 is 0 Å². The largest absolute Gasteiger partial charge is 0.381 e. The Kier molecular flexibility index (Phi) is 1.87. The smallest absolute Gasteiger partial charge is 0.121 e. The van der Waals surface area contributed by atoms with E-state index in [1.165, 1.54) is 0 Å². The van der Waals surface area contributed by atoms with Crippen LogP contribution in [0.5, 0.6) is 0 Å². The summed E-state index contributed by atoms with van der Waals surface area (Å²) < 4.78 is 10.9. The molecule has 2 unspecified atom stereocenters. The van der Waals surface area contributed by atoms with E-state index in [0.29, 0.717) is 5.92 Å². The van der Waals surface area contributed by atoms with Crippen molar-refractivity contribution in [1.29, 1.82) is 0 Å². The Bertz CT molecular complexity index is 137. The zero-order chi connectivity index (χ0) is 7.73. The lowest BCUT2D eigenvalue weighted by atomic mass is 9.97. The lowest BCUT2D eigenvalue weighted by molar-refractivity contribution is -0.0446. The Hall–Kier alpha value is -0.120. The first-order chi connectivity index (χ1) is 5.31. The van der Waals surface area contributed by atoms with Gasteiger partial charge in [0.25, 0.3) is 0 Å². The quantitative estimate of drug-likeness (QED) is 0.596. The summed E-state index contributed by atoms with van der Waals surface area (Å²) in [6, 6.07) is 0. The molecule has 0 spiro atoms. The first-order valence-electron chi connectivity index (χ1n) is 4.28. The van der Waals surface area contributed by atoms with Crippen LogP contribution in [0.4, 0.5) is 0 Å². The molecule has 2 heterocycles. The van der Waals surface area contributed by atoms with Crippen LogP contribution in [-0.4, -0.2) is 32.1 Å². The van der Waals surface area contributed by atoms with Gasteiger partial charge in [0, 0.05) is 19.1 Å². The number of rotatable bonds is 1. The molecule has 0 aromatic rings. The highest BCUT2D eigenvalue weighted by atomic mass is 16.5. The number of hydrogen-bond donors (Lipinski definition) is 1. The summed E-state index contributed by atoms with van der Waals surface area (Å²) in [4.78, 5) is 0. The maximum atomic E-state index is 5.63. The van der Waals surface area contributed by atoms with Crippen LogP contribution in [0.2, 0.25) is 0 Å². The van der Waals surface area contributed by atoms with E-state index in [0.717, 1.165) is 32.8 Å². The van der Waals surface area contributed by atoms with Gasteiger partial charge in [0.1, 0.15) is 5.72 Å². The molecular formula is C8H15NO2. The Balaban J connectivity index is 2.00. The van der Waals surface area contributed by atoms with E-state index in [1.54, 1.807) is 0 Å². The van der Waals surface area contributed by atoms with Gasteiger partial charge < -0.3 is 9.47 Å². The van der Waals surface area contributed by atoms with Crippen molar-refractivity contribution < 1.29 is 9.47 Å². The third-order valence-electron chi connectivity index (χ3n) is 2.69. The molecule has 2 fully saturated rings. The second kappa shape index (κ2) is 2.73. The van der Waals surface area contributed by atoms with Gasteiger partial charge in [-0.05, 0) is 13.3 Å². The second-order valence-corrected chi connectivity index (χ2v) is 3.44. The third kappa shape index (κ3) is 1.28. The van der Waals surface area contributed by atoms with Crippen molar-refractivity contribution in [1.82, 2.24) is 5.32 Å². The third-order valence-corrected chi connectivity index (χ3v) is 2.69. The number of hydrogen-bond acceptors (Lipinski definition) is 3. The highest BCUT2D eigenvalue weighted by molar-refractivity contribution is 4.87. The molecule has 0 aliphatic carbocycles. The van der Waals surface area contributed by atoms with Gasteiger partial charge in [-0.15, -0.1) is 0 Å². The van der Waals surface area contributed by atoms with Gasteiger partial charge in [0.05, 0.1) is 13.2 Å². The van der Waals surface area contributed by atoms with Gasteiger partial charge in [-0.25, -0.2) is 0 Å². The highest BCUT2D eigenvalue weighted by Gasteiger charge is 2.39. The van der Waals surface area contributed by atoms with E-state index >= 15 is 0 Å². The molecule has 2 aliphatic rings. The Morgan fingerprint density at radius 3 is 2.91 bits per heavy atom. The minimum atomic E-state index is -0.101. The monoisotopic (exact) mass is 157 g/mol. The van der Waals surface area contributed by atoms with Gasteiger partial charge in [-0.1, -0.05) is 0 Å². The average molecular weight is 157 g/mol. The summed E-state index contributed by atoms with van der Waals surface area (Å²) in [5.74, 6) is 0.546. The van der Waals surface area contributed by atoms with Crippen molar-refractivity contribution in [2.45, 2.75) is 19.1 Å². The molecule has 2 saturated heterocycles. The standard InChI is InChI=1S/C8H15NO2/c1-8(9-3-5-11-8)7-2-4-10-6-7/h7,9H,2-6H2,1H3. The molecule has 0 bridgehead atoms. The lowest BCUT2D eigenvalue weighted by Crippen LogP contribution is -2.45. The van der Waals surface area contributed by atoms with Crippen LogP contribution < -0.4 is 5.32 Å². The van der Waals surface area contributed by atoms with Crippen molar-refractivity contribution in [3.8, 4) is 0 Å². The van der Waals surface area contributed by atoms with E-state index in [-0.39, 0.29) is 5.72 Å². The molecule has 0 aromatic carbocycles. The molecule has 1 N–H and O–H groups in total. The topological polar surface area (TPSA) is 30.5 Å². The molecule has 2 atom stereocenters. The van der Waals surface area contributed by atoms with Crippen molar-refractivity contribution in [2.24, 2.45) is 5.92 Å². The average Bonchev–Trinajstić information content (AvgIpc) is 2.55. The van der Waals surface area contributed by atoms with Gasteiger partial charge in [-0.2, -0.15) is 0 Å². The summed E-state index contributed by atoms with van der Waals surface area (Å²) in [7, 11) is 0. The van der Waals surface area contributed by atoms with Crippen LogP contribution in [0, 0.1) is 5.92 Å². The van der Waals surface area contributed by atoms with Crippen molar-refractivity contribution in [2.75, 3.05) is 26.4 Å². The fraction of sp³-hybridized carbons (Fsp3) is 1.00. The minimum absolute atomic E-state index is 0.101. The minimum Gasteiger partial charge on any atom is -0.381 e. The maximum Gasteiger partial charge on any atom is 0.121 e. The molecule has 2 aliphatic heterocycles. The van der Waals surface area contributed by atoms with E-state index in [9.17, 15) is 0 Å². The summed E-state index contributed by atoms with van der Waals surface area (Å²) in [6.07, 6.45) is 1.13. The fourth-order valence-corrected chi connectivity index (χ4v) is 1.84. The van der Waals surface area contributed by atoms with Crippen LogP contribution in [0.15, 0.2) is 0 Å². The van der Waals surface area contributed by atoms with Crippen LogP contribution in [0.3, 0.4) is 0 Å². The lowest BCUT2D eigenvalue weighted by Gasteiger charge is -2.29. The zero-order valence-corrected chi connectivity index (χ0v) is 6.93. The van der Waals surface area contributed by atoms with E-state index in [1.807, 2.05) is 0 Å². The van der Waals surface area contributed by atoms with Crippen LogP contribution in [0.25, 0.3) is 0 Å². The van der Waals surface area contributed by atoms with Crippen molar-refractivity contribution in [3.05, 3.63) is 0 Å². The Labute approximate surface area is 67.1 Å². The summed E-state index contributed by atoms with van der Waals surface area (Å²) in [5, 5.41) is 3.37. The Morgan fingerprint density at radius 2 is 2.36 bits per heavy atom. The predicted molar refractivity (Wildman–Crippen MR) is 41.3 cm³/mol. The van der Waals surface area contributed by atoms with E-state index < -0.39 is 0 Å². The maximum absolute atomic E-state index is 5.63. The highest BCUT2D eigenvalue weighted by Crippen LogP contribution is 2.28. The summed E-state index contributed by atoms with van der Waals surface area (Å²) >= 11 is 0. The van der Waals surface area contributed by atoms with Crippen LogP contribution in [-0.2, 0) is 9.47 Å². The summed E-state index contributed by atoms with van der Waals surface area (Å²) in [6.45, 7) is 5.69. The first kappa shape index (κ1) is 7.53. The zero-order valence-electron chi connectivity index (χ0n) is 6.93. The molecule has 64 valence electrons. The SMILES string of the molecule is CC1(C2CCOC2)NCCO1. The van der Waals surface area contributed by atoms with Gasteiger partial charge in [0.2, 0.25) is 0 Å². The van der Waals surface area contributed by atoms with Crippen LogP contribution >= 0.6 is 0 Å². The molecule has 2 rings (SSSR count). The molecule has 0 saturated carbocycles. The molecule has 11 heavy (non-hydrogen) atoms. The van der Waals surface area contributed by atoms with Gasteiger partial charge in [0.15, 0.2) is 0 Å². The Morgan fingerprint density at radius 1 is 1.45 bits per heavy atom. The fourth-order valence-electron chi connectivity index (χ4n) is 1.84. The predicted octanol–water partition coefficient (Wildman–Crippen LogP) is 0.359. The number of ether oxygens (including phenoxy) is 2. The summed E-state index contributed by atoms with van der Waals surface area (Å²) in [5.41, 5.74) is -0.101. The van der Waals surface area contributed by atoms with Gasteiger partial charge in [-0.3, -0.25) is 5.32 Å². The van der Waals surface area contributed by atoms with Crippen molar-refractivity contribution >= 4 is 0 Å². The molecule has 3 nitrogen and oxygen atoms in total. The normalized spacial score (nSPS) is 45.0. The molecule has 3 heteroatoms. The molecule has 0 amide bonds. The number of nitrogens with one attached hydrogen (secondary N) is 1. The van der Waals surface area contributed by atoms with Crippen molar-refractivity contribution in [3.63, 3.8) is 0 Å². The molecular weight excluding hydrogens is 142 g/mol. The van der Waals surface area contributed by atoms with E-state index in [2.05, 4.69) is 12.2 Å². The molecule has 0 aromatic heterocycles. The van der Waals surface area contributed by atoms with E-state index in [4.69, 9.17) is 9.47 Å². The second-order valence-electron chi connectivity index (χ2n) is 3.44. The van der Waals surface area contributed by atoms with Crippen LogP contribution in [0.1, 0.15) is 13.3 Å².